The normalized spacial score (nSPS) is 20.0. The largest absolute Gasteiger partial charge is 0.480 e. The summed E-state index contributed by atoms with van der Waals surface area (Å²) in [4.78, 5) is 40.4. The van der Waals surface area contributed by atoms with E-state index in [2.05, 4.69) is 36.5 Å². The molecule has 1 fully saturated rings. The summed E-state index contributed by atoms with van der Waals surface area (Å²) in [5.74, 6) is -1.38. The van der Waals surface area contributed by atoms with Gasteiger partial charge in [0.2, 0.25) is 5.91 Å². The topological polar surface area (TPSA) is 95.9 Å². The van der Waals surface area contributed by atoms with E-state index in [9.17, 15) is 19.5 Å². The molecule has 39 heavy (non-hydrogen) atoms. The van der Waals surface area contributed by atoms with Crippen LogP contribution in [0.5, 0.6) is 0 Å². The van der Waals surface area contributed by atoms with Crippen molar-refractivity contribution >= 4 is 18.0 Å². The highest BCUT2D eigenvalue weighted by molar-refractivity contribution is 5.92. The molecule has 3 aromatic carbocycles. The Kier molecular flexibility index (Phi) is 7.68. The standard InChI is InChI=1S/C32H34N2O5/c1-22-10-9-17-32(18-22,30(37)34(20-29(35)36)19-23-11-3-2-4-12-23)33-31(38)39-21-28-26-15-7-5-13-24(26)25-14-6-8-16-27(25)28/h2-8,11-16,22,28H,9-10,17-21H2,1H3,(H,33,38)(H,35,36). The van der Waals surface area contributed by atoms with Gasteiger partial charge in [0.1, 0.15) is 18.7 Å². The van der Waals surface area contributed by atoms with Gasteiger partial charge in [0.25, 0.3) is 0 Å². The molecule has 0 radical (unpaired) electrons. The molecule has 2 aliphatic rings. The third-order valence-corrected chi connectivity index (χ3v) is 7.92. The van der Waals surface area contributed by atoms with Gasteiger partial charge in [-0.15, -0.1) is 0 Å². The Bertz CT molecular complexity index is 1310. The van der Waals surface area contributed by atoms with Crippen molar-refractivity contribution in [3.63, 3.8) is 0 Å². The molecule has 2 amide bonds. The second-order valence-electron chi connectivity index (χ2n) is 10.8. The maximum absolute atomic E-state index is 14.0. The van der Waals surface area contributed by atoms with Gasteiger partial charge in [-0.1, -0.05) is 98.6 Å². The van der Waals surface area contributed by atoms with Gasteiger partial charge in [0, 0.05) is 12.5 Å². The number of carbonyl (C=O) groups excluding carboxylic acids is 2. The molecule has 1 saturated carbocycles. The maximum Gasteiger partial charge on any atom is 0.408 e. The van der Waals surface area contributed by atoms with Crippen molar-refractivity contribution in [1.29, 1.82) is 0 Å². The predicted molar refractivity (Wildman–Crippen MR) is 148 cm³/mol. The maximum atomic E-state index is 14.0. The van der Waals surface area contributed by atoms with E-state index in [0.29, 0.717) is 12.8 Å². The molecule has 0 spiro atoms. The zero-order chi connectivity index (χ0) is 27.4. The minimum Gasteiger partial charge on any atom is -0.480 e. The van der Waals surface area contributed by atoms with Gasteiger partial charge in [-0.05, 0) is 46.6 Å². The molecule has 202 valence electrons. The number of rotatable bonds is 8. The molecule has 2 unspecified atom stereocenters. The fraction of sp³-hybridized carbons (Fsp3) is 0.344. The number of amides is 2. The molecule has 0 aliphatic heterocycles. The summed E-state index contributed by atoms with van der Waals surface area (Å²) < 4.78 is 5.79. The summed E-state index contributed by atoms with van der Waals surface area (Å²) in [7, 11) is 0. The minimum absolute atomic E-state index is 0.0957. The zero-order valence-electron chi connectivity index (χ0n) is 22.1. The Morgan fingerprint density at radius 3 is 2.18 bits per heavy atom. The number of hydrogen-bond acceptors (Lipinski definition) is 4. The average Bonchev–Trinajstić information content (AvgIpc) is 3.25. The first-order valence-corrected chi connectivity index (χ1v) is 13.5. The van der Waals surface area contributed by atoms with E-state index in [-0.39, 0.29) is 30.9 Å². The number of aliphatic carboxylic acids is 1. The van der Waals surface area contributed by atoms with Crippen LogP contribution in [-0.4, -0.2) is 46.7 Å². The van der Waals surface area contributed by atoms with Crippen molar-refractivity contribution in [2.24, 2.45) is 5.92 Å². The van der Waals surface area contributed by atoms with Gasteiger partial charge >= 0.3 is 12.1 Å². The van der Waals surface area contributed by atoms with Crippen LogP contribution >= 0.6 is 0 Å². The van der Waals surface area contributed by atoms with E-state index in [1.165, 1.54) is 4.90 Å². The molecule has 0 saturated heterocycles. The van der Waals surface area contributed by atoms with Crippen molar-refractivity contribution in [1.82, 2.24) is 10.2 Å². The second kappa shape index (κ2) is 11.3. The van der Waals surface area contributed by atoms with Crippen LogP contribution < -0.4 is 5.32 Å². The van der Waals surface area contributed by atoms with Gasteiger partial charge in [-0.2, -0.15) is 0 Å². The number of carboxylic acid groups (broad SMARTS) is 1. The molecule has 7 heteroatoms. The highest BCUT2D eigenvalue weighted by Gasteiger charge is 2.46. The van der Waals surface area contributed by atoms with Crippen LogP contribution in [0.2, 0.25) is 0 Å². The SMILES string of the molecule is CC1CCCC(NC(=O)OCC2c3ccccc3-c3ccccc32)(C(=O)N(CC(=O)O)Cc2ccccc2)C1. The summed E-state index contributed by atoms with van der Waals surface area (Å²) in [6, 6.07) is 25.5. The molecular weight excluding hydrogens is 492 g/mol. The van der Waals surface area contributed by atoms with E-state index < -0.39 is 24.1 Å². The fourth-order valence-electron chi connectivity index (χ4n) is 6.21. The van der Waals surface area contributed by atoms with Gasteiger partial charge in [0.15, 0.2) is 0 Å². The van der Waals surface area contributed by atoms with Crippen molar-refractivity contribution in [2.75, 3.05) is 13.2 Å². The van der Waals surface area contributed by atoms with Crippen LogP contribution in [0.15, 0.2) is 78.9 Å². The summed E-state index contributed by atoms with van der Waals surface area (Å²) in [6.45, 7) is 1.90. The van der Waals surface area contributed by atoms with E-state index in [1.807, 2.05) is 54.6 Å². The highest BCUT2D eigenvalue weighted by atomic mass is 16.5. The number of alkyl carbamates (subject to hydrolysis) is 1. The first-order valence-electron chi connectivity index (χ1n) is 13.5. The van der Waals surface area contributed by atoms with E-state index in [4.69, 9.17) is 4.74 Å². The molecule has 2 atom stereocenters. The van der Waals surface area contributed by atoms with Crippen molar-refractivity contribution in [3.8, 4) is 11.1 Å². The summed E-state index contributed by atoms with van der Waals surface area (Å²) >= 11 is 0. The lowest BCUT2D eigenvalue weighted by atomic mass is 9.75. The number of hydrogen-bond donors (Lipinski definition) is 2. The zero-order valence-corrected chi connectivity index (χ0v) is 22.1. The quantitative estimate of drug-likeness (QED) is 0.399. The molecule has 7 nitrogen and oxygen atoms in total. The van der Waals surface area contributed by atoms with Gasteiger partial charge in [-0.25, -0.2) is 4.79 Å². The number of nitrogens with zero attached hydrogens (tertiary/aromatic N) is 1. The number of fused-ring (bicyclic) bond motifs is 3. The Hall–Kier alpha value is -4.13. The third-order valence-electron chi connectivity index (χ3n) is 7.92. The summed E-state index contributed by atoms with van der Waals surface area (Å²) in [6.07, 6.45) is 1.91. The van der Waals surface area contributed by atoms with Gasteiger partial charge in [-0.3, -0.25) is 9.59 Å². The molecule has 2 aliphatic carbocycles. The minimum atomic E-state index is -1.22. The number of benzene rings is 3. The van der Waals surface area contributed by atoms with Gasteiger partial charge < -0.3 is 20.1 Å². The van der Waals surface area contributed by atoms with Crippen molar-refractivity contribution < 1.29 is 24.2 Å². The van der Waals surface area contributed by atoms with Crippen LogP contribution in [0.3, 0.4) is 0 Å². The lowest BCUT2D eigenvalue weighted by Gasteiger charge is -2.41. The molecule has 2 N–H and O–H groups in total. The first-order chi connectivity index (χ1) is 18.9. The van der Waals surface area contributed by atoms with Gasteiger partial charge in [0.05, 0.1) is 0 Å². The van der Waals surface area contributed by atoms with E-state index in [1.54, 1.807) is 0 Å². The van der Waals surface area contributed by atoms with E-state index in [0.717, 1.165) is 40.7 Å². The van der Waals surface area contributed by atoms with Crippen LogP contribution in [0, 0.1) is 5.92 Å². The fourth-order valence-corrected chi connectivity index (χ4v) is 6.21. The first kappa shape index (κ1) is 26.5. The Morgan fingerprint density at radius 1 is 0.949 bits per heavy atom. The monoisotopic (exact) mass is 526 g/mol. The number of nitrogens with one attached hydrogen (secondary N) is 1. The lowest BCUT2D eigenvalue weighted by molar-refractivity contribution is -0.149. The molecule has 0 heterocycles. The molecule has 0 bridgehead atoms. The smallest absolute Gasteiger partial charge is 0.408 e. The van der Waals surface area contributed by atoms with Crippen LogP contribution in [-0.2, 0) is 20.9 Å². The highest BCUT2D eigenvalue weighted by Crippen LogP contribution is 2.44. The average molecular weight is 527 g/mol. The molecule has 3 aromatic rings. The second-order valence-corrected chi connectivity index (χ2v) is 10.8. The molecular formula is C32H34N2O5. The number of carbonyl (C=O) groups is 3. The Balaban J connectivity index is 1.35. The number of ether oxygens (including phenoxy) is 1. The molecule has 0 aromatic heterocycles. The van der Waals surface area contributed by atoms with Crippen LogP contribution in [0.4, 0.5) is 4.79 Å². The van der Waals surface area contributed by atoms with Crippen molar-refractivity contribution in [3.05, 3.63) is 95.6 Å². The summed E-state index contributed by atoms with van der Waals surface area (Å²) in [5.41, 5.74) is 4.11. The lowest BCUT2D eigenvalue weighted by Crippen LogP contribution is -2.62. The summed E-state index contributed by atoms with van der Waals surface area (Å²) in [5, 5.41) is 12.5. The number of carboxylic acids is 1. The van der Waals surface area contributed by atoms with Crippen molar-refractivity contribution in [2.45, 2.75) is 50.6 Å². The Labute approximate surface area is 228 Å². The van der Waals surface area contributed by atoms with Crippen LogP contribution in [0.25, 0.3) is 11.1 Å². The van der Waals surface area contributed by atoms with Crippen LogP contribution in [0.1, 0.15) is 55.2 Å². The third kappa shape index (κ3) is 5.67. The molecule has 5 rings (SSSR count). The Morgan fingerprint density at radius 2 is 1.56 bits per heavy atom. The van der Waals surface area contributed by atoms with E-state index >= 15 is 0 Å². The predicted octanol–water partition coefficient (Wildman–Crippen LogP) is 5.59.